The summed E-state index contributed by atoms with van der Waals surface area (Å²) in [5.41, 5.74) is 4.80. The number of hydrogen-bond acceptors (Lipinski definition) is 6. The number of halogens is 2. The number of H-pyrrole nitrogens is 1. The Hall–Kier alpha value is -5.10. The summed E-state index contributed by atoms with van der Waals surface area (Å²) in [4.78, 5) is 11.5. The van der Waals surface area contributed by atoms with E-state index in [-0.39, 0.29) is 11.4 Å². The number of benzene rings is 2. The number of aromatic nitrogens is 4. The second-order valence-electron chi connectivity index (χ2n) is 8.36. The lowest BCUT2D eigenvalue weighted by Gasteiger charge is -2.19. The Morgan fingerprint density at radius 3 is 2.57 bits per heavy atom. The van der Waals surface area contributed by atoms with Crippen molar-refractivity contribution in [1.82, 2.24) is 25.1 Å². The van der Waals surface area contributed by atoms with Gasteiger partial charge in [-0.05, 0) is 36.4 Å². The molecule has 0 bridgehead atoms. The second-order valence-corrected chi connectivity index (χ2v) is 8.36. The van der Waals surface area contributed by atoms with Crippen molar-refractivity contribution < 1.29 is 13.3 Å². The molecule has 5 aromatic rings. The Bertz CT molecular complexity index is 1660. The maximum atomic E-state index is 14.2. The number of aromatic amines is 1. The summed E-state index contributed by atoms with van der Waals surface area (Å²) in [7, 11) is 0. The van der Waals surface area contributed by atoms with Crippen LogP contribution in [-0.4, -0.2) is 31.3 Å². The smallest absolute Gasteiger partial charge is 0.169 e. The van der Waals surface area contributed by atoms with E-state index in [9.17, 15) is 8.78 Å². The van der Waals surface area contributed by atoms with Crippen LogP contribution in [0.25, 0.3) is 22.6 Å². The van der Waals surface area contributed by atoms with E-state index in [0.717, 1.165) is 22.8 Å². The van der Waals surface area contributed by atoms with Gasteiger partial charge in [0.15, 0.2) is 17.4 Å². The molecule has 0 spiro atoms. The molecule has 0 amide bonds. The zero-order chi connectivity index (χ0) is 25.2. The molecule has 2 aromatic carbocycles. The van der Waals surface area contributed by atoms with Crippen LogP contribution in [0.5, 0.6) is 0 Å². The number of imidazole rings is 1. The first-order valence-electron chi connectivity index (χ1n) is 11.4. The van der Waals surface area contributed by atoms with Crippen LogP contribution in [0.4, 0.5) is 8.78 Å². The fraction of sp³-hybridized carbons (Fsp3) is 0.0714. The lowest BCUT2D eigenvalue weighted by molar-refractivity contribution is 0.229. The molecule has 1 N–H and O–H groups in total. The fourth-order valence-corrected chi connectivity index (χ4v) is 3.92. The molecule has 7 nitrogen and oxygen atoms in total. The highest BCUT2D eigenvalue weighted by Crippen LogP contribution is 2.26. The van der Waals surface area contributed by atoms with E-state index in [0.29, 0.717) is 35.9 Å². The number of hydrogen-bond donors (Lipinski definition) is 1. The summed E-state index contributed by atoms with van der Waals surface area (Å²) in [5, 5.41) is 10.4. The number of fused-ring (bicyclic) bond motifs is 1. The normalized spacial score (nSPS) is 12.2. The molecule has 0 atom stereocenters. The van der Waals surface area contributed by atoms with Crippen molar-refractivity contribution in [3.05, 3.63) is 113 Å². The van der Waals surface area contributed by atoms with Crippen LogP contribution in [0.15, 0.2) is 82.7 Å². The van der Waals surface area contributed by atoms with Crippen molar-refractivity contribution in [3.8, 4) is 34.5 Å². The first kappa shape index (κ1) is 22.4. The Morgan fingerprint density at radius 2 is 1.76 bits per heavy atom. The predicted molar refractivity (Wildman–Crippen MR) is 133 cm³/mol. The lowest BCUT2D eigenvalue weighted by atomic mass is 10.1. The van der Waals surface area contributed by atoms with Crippen molar-refractivity contribution in [3.63, 3.8) is 0 Å². The van der Waals surface area contributed by atoms with Crippen LogP contribution in [-0.2, 0) is 13.1 Å². The number of rotatable bonds is 4. The first-order valence-corrected chi connectivity index (χ1v) is 11.4. The van der Waals surface area contributed by atoms with Crippen LogP contribution in [0.2, 0.25) is 0 Å². The van der Waals surface area contributed by atoms with Crippen molar-refractivity contribution in [1.29, 1.82) is 0 Å². The molecule has 9 heteroatoms. The Labute approximate surface area is 210 Å². The van der Waals surface area contributed by atoms with Crippen molar-refractivity contribution in [2.45, 2.75) is 13.1 Å². The first-order chi connectivity index (χ1) is 18.1. The van der Waals surface area contributed by atoms with E-state index in [1.54, 1.807) is 23.6 Å². The van der Waals surface area contributed by atoms with E-state index < -0.39 is 11.6 Å². The fourth-order valence-electron chi connectivity index (χ4n) is 3.92. The standard InChI is InChI=1S/C28H18F2N6O/c29-23-3-1-2-22(27(23)30)28-33-25-15-32-36(17-26(25)34-28)16-21-14-24(35-37-21)20-8-6-18(7-9-20)4-5-19-10-12-31-13-11-19/h1-3,6-15H,16-17H2,(H,33,34). The summed E-state index contributed by atoms with van der Waals surface area (Å²) in [6, 6.07) is 17.3. The van der Waals surface area contributed by atoms with Gasteiger partial charge < -0.3 is 9.51 Å². The Balaban J connectivity index is 1.12. The molecule has 1 aliphatic rings. The summed E-state index contributed by atoms with van der Waals surface area (Å²) < 4.78 is 33.3. The van der Waals surface area contributed by atoms with Crippen LogP contribution in [0, 0.1) is 23.5 Å². The van der Waals surface area contributed by atoms with Crippen LogP contribution < -0.4 is 0 Å². The summed E-state index contributed by atoms with van der Waals surface area (Å²) in [6.07, 6.45) is 5.03. The highest BCUT2D eigenvalue weighted by Gasteiger charge is 2.21. The molecule has 0 saturated carbocycles. The number of nitrogens with one attached hydrogen (secondary N) is 1. The Morgan fingerprint density at radius 1 is 0.973 bits per heavy atom. The minimum absolute atomic E-state index is 0.0728. The summed E-state index contributed by atoms with van der Waals surface area (Å²) in [5.74, 6) is 5.26. The molecule has 3 aromatic heterocycles. The van der Waals surface area contributed by atoms with Gasteiger partial charge in [-0.1, -0.05) is 35.2 Å². The third kappa shape index (κ3) is 4.73. The maximum Gasteiger partial charge on any atom is 0.169 e. The van der Waals surface area contributed by atoms with Gasteiger partial charge in [0.2, 0.25) is 0 Å². The zero-order valence-corrected chi connectivity index (χ0v) is 19.3. The summed E-state index contributed by atoms with van der Waals surface area (Å²) in [6.45, 7) is 0.745. The quantitative estimate of drug-likeness (QED) is 0.351. The third-order valence-corrected chi connectivity index (χ3v) is 5.81. The highest BCUT2D eigenvalue weighted by molar-refractivity contribution is 5.80. The predicted octanol–water partition coefficient (Wildman–Crippen LogP) is 5.15. The summed E-state index contributed by atoms with van der Waals surface area (Å²) >= 11 is 0. The van der Waals surface area contributed by atoms with Gasteiger partial charge in [0.05, 0.1) is 36.3 Å². The minimum Gasteiger partial charge on any atom is -0.359 e. The molecule has 0 aliphatic carbocycles. The molecule has 0 radical (unpaired) electrons. The molecule has 1 aliphatic heterocycles. The van der Waals surface area contributed by atoms with Crippen LogP contribution in [0.3, 0.4) is 0 Å². The van der Waals surface area contributed by atoms with E-state index in [2.05, 4.69) is 37.1 Å². The second kappa shape index (κ2) is 9.51. The van der Waals surface area contributed by atoms with Gasteiger partial charge in [-0.3, -0.25) is 9.99 Å². The average molecular weight is 492 g/mol. The van der Waals surface area contributed by atoms with Gasteiger partial charge in [0.1, 0.15) is 11.5 Å². The van der Waals surface area contributed by atoms with Crippen molar-refractivity contribution in [2.24, 2.45) is 5.10 Å². The van der Waals surface area contributed by atoms with E-state index in [1.807, 2.05) is 42.5 Å². The van der Waals surface area contributed by atoms with Crippen LogP contribution in [0.1, 0.15) is 28.3 Å². The maximum absolute atomic E-state index is 14.2. The molecule has 180 valence electrons. The molecule has 6 rings (SSSR count). The van der Waals surface area contributed by atoms with Gasteiger partial charge in [-0.25, -0.2) is 13.8 Å². The molecule has 37 heavy (non-hydrogen) atoms. The minimum atomic E-state index is -0.939. The molecule has 0 unspecified atom stereocenters. The van der Waals surface area contributed by atoms with Gasteiger partial charge in [-0.15, -0.1) is 0 Å². The SMILES string of the molecule is Fc1cccc(-c2nc3c([nH]2)C=NN(Cc2cc(-c4ccc(C#Cc5ccncc5)cc4)no2)C3)c1F. The van der Waals surface area contributed by atoms with Crippen LogP contribution >= 0.6 is 0 Å². The van der Waals surface area contributed by atoms with Gasteiger partial charge in [-0.2, -0.15) is 5.10 Å². The number of nitrogens with zero attached hydrogens (tertiary/aromatic N) is 5. The molecule has 0 fully saturated rings. The molecular weight excluding hydrogens is 474 g/mol. The van der Waals surface area contributed by atoms with Gasteiger partial charge in [0, 0.05) is 35.2 Å². The number of pyridine rings is 1. The van der Waals surface area contributed by atoms with Gasteiger partial charge in [0.25, 0.3) is 0 Å². The largest absolute Gasteiger partial charge is 0.359 e. The zero-order valence-electron chi connectivity index (χ0n) is 19.3. The van der Waals surface area contributed by atoms with Crippen molar-refractivity contribution in [2.75, 3.05) is 0 Å². The molecule has 4 heterocycles. The highest BCUT2D eigenvalue weighted by atomic mass is 19.2. The van der Waals surface area contributed by atoms with Crippen molar-refractivity contribution >= 4 is 6.21 Å². The molecular formula is C28H18F2N6O. The monoisotopic (exact) mass is 492 g/mol. The number of hydrazone groups is 1. The molecule has 0 saturated heterocycles. The Kier molecular flexibility index (Phi) is 5.75. The van der Waals surface area contributed by atoms with E-state index in [1.165, 1.54) is 12.1 Å². The topological polar surface area (TPSA) is 83.2 Å². The van der Waals surface area contributed by atoms with Gasteiger partial charge >= 0.3 is 0 Å². The lowest BCUT2D eigenvalue weighted by Crippen LogP contribution is -2.21. The van der Waals surface area contributed by atoms with E-state index in [4.69, 9.17) is 4.52 Å². The average Bonchev–Trinajstić information content (AvgIpc) is 3.57. The third-order valence-electron chi connectivity index (χ3n) is 5.81. The van der Waals surface area contributed by atoms with E-state index >= 15 is 0 Å².